The van der Waals surface area contributed by atoms with E-state index in [1.807, 2.05) is 20.1 Å². The van der Waals surface area contributed by atoms with E-state index in [1.54, 1.807) is 11.8 Å². The van der Waals surface area contributed by atoms with Crippen LogP contribution in [0.1, 0.15) is 52.4 Å². The van der Waals surface area contributed by atoms with Crippen molar-refractivity contribution in [3.8, 4) is 0 Å². The second-order valence-corrected chi connectivity index (χ2v) is 9.78. The van der Waals surface area contributed by atoms with Gasteiger partial charge in [0.15, 0.2) is 0 Å². The fourth-order valence-corrected chi connectivity index (χ4v) is 4.80. The van der Waals surface area contributed by atoms with Crippen molar-refractivity contribution >= 4 is 35.5 Å². The van der Waals surface area contributed by atoms with Gasteiger partial charge in [-0.05, 0) is 56.5 Å². The van der Waals surface area contributed by atoms with Crippen LogP contribution < -0.4 is 11.1 Å². The molecule has 2 aliphatic heterocycles. The molecule has 0 bridgehead atoms. The van der Waals surface area contributed by atoms with E-state index in [-0.39, 0.29) is 23.6 Å². The fourth-order valence-electron chi connectivity index (χ4n) is 4.31. The van der Waals surface area contributed by atoms with Gasteiger partial charge in [-0.3, -0.25) is 14.4 Å². The Hall–Kier alpha value is -1.81. The molecule has 0 aliphatic carbocycles. The number of aliphatic carboxylic acids is 1. The topological polar surface area (TPSA) is 133 Å². The van der Waals surface area contributed by atoms with Crippen molar-refractivity contribution in [1.82, 2.24) is 15.1 Å². The summed E-state index contributed by atoms with van der Waals surface area (Å²) in [6.07, 6.45) is 5.15. The first-order valence-corrected chi connectivity index (χ1v) is 12.4. The van der Waals surface area contributed by atoms with Crippen LogP contribution in [0.3, 0.4) is 0 Å². The zero-order chi connectivity index (χ0) is 23.1. The molecule has 2 heterocycles. The highest BCUT2D eigenvalue weighted by atomic mass is 32.2. The SMILES string of the molecule is CSCCC(N)C(=O)NC(CC(C)C)C(=O)N1CCCC1C(=O)N1CCCC1C(=O)O. The number of likely N-dealkylation sites (tertiary alicyclic amines) is 2. The summed E-state index contributed by atoms with van der Waals surface area (Å²) < 4.78 is 0. The Morgan fingerprint density at radius 2 is 1.71 bits per heavy atom. The molecule has 0 spiro atoms. The Balaban J connectivity index is 2.12. The predicted molar refractivity (Wildman–Crippen MR) is 119 cm³/mol. The molecule has 0 aromatic carbocycles. The number of nitrogens with two attached hydrogens (primary N) is 1. The highest BCUT2D eigenvalue weighted by Crippen LogP contribution is 2.26. The van der Waals surface area contributed by atoms with E-state index in [4.69, 9.17) is 5.73 Å². The van der Waals surface area contributed by atoms with Gasteiger partial charge in [0.25, 0.3) is 0 Å². The van der Waals surface area contributed by atoms with Gasteiger partial charge in [-0.15, -0.1) is 0 Å². The molecule has 10 heteroatoms. The summed E-state index contributed by atoms with van der Waals surface area (Å²) in [5.41, 5.74) is 5.97. The third-order valence-corrected chi connectivity index (χ3v) is 6.58. The van der Waals surface area contributed by atoms with E-state index in [1.165, 1.54) is 9.80 Å². The molecule has 0 aromatic rings. The van der Waals surface area contributed by atoms with Crippen LogP contribution in [-0.4, -0.2) is 87.9 Å². The maximum absolute atomic E-state index is 13.4. The lowest BCUT2D eigenvalue weighted by Gasteiger charge is -2.33. The van der Waals surface area contributed by atoms with Crippen LogP contribution in [0.2, 0.25) is 0 Å². The highest BCUT2D eigenvalue weighted by Gasteiger charge is 2.43. The monoisotopic (exact) mass is 456 g/mol. The lowest BCUT2D eigenvalue weighted by Crippen LogP contribution is -2.57. The number of nitrogens with one attached hydrogen (secondary N) is 1. The first-order chi connectivity index (χ1) is 14.7. The first-order valence-electron chi connectivity index (χ1n) is 11.1. The maximum Gasteiger partial charge on any atom is 0.326 e. The van der Waals surface area contributed by atoms with E-state index in [0.717, 1.165) is 5.75 Å². The van der Waals surface area contributed by atoms with Crippen molar-refractivity contribution in [1.29, 1.82) is 0 Å². The highest BCUT2D eigenvalue weighted by molar-refractivity contribution is 7.98. The van der Waals surface area contributed by atoms with Crippen LogP contribution in [0.5, 0.6) is 0 Å². The molecule has 0 radical (unpaired) electrons. The summed E-state index contributed by atoms with van der Waals surface area (Å²) in [5.74, 6) is -1.06. The number of nitrogens with zero attached hydrogens (tertiary/aromatic N) is 2. The van der Waals surface area contributed by atoms with Crippen molar-refractivity contribution in [3.63, 3.8) is 0 Å². The van der Waals surface area contributed by atoms with E-state index in [2.05, 4.69) is 5.32 Å². The quantitative estimate of drug-likeness (QED) is 0.440. The minimum absolute atomic E-state index is 0.156. The molecule has 9 nitrogen and oxygen atoms in total. The molecule has 4 N–H and O–H groups in total. The van der Waals surface area contributed by atoms with Crippen molar-refractivity contribution in [2.24, 2.45) is 11.7 Å². The second kappa shape index (κ2) is 11.7. The molecule has 4 atom stereocenters. The third kappa shape index (κ3) is 6.58. The lowest BCUT2D eigenvalue weighted by atomic mass is 10.0. The van der Waals surface area contributed by atoms with Gasteiger partial charge < -0.3 is 26.0 Å². The number of carboxylic acid groups (broad SMARTS) is 1. The van der Waals surface area contributed by atoms with E-state index < -0.39 is 30.1 Å². The lowest BCUT2D eigenvalue weighted by molar-refractivity contribution is -0.152. The number of rotatable bonds is 10. The number of hydrogen-bond donors (Lipinski definition) is 3. The maximum atomic E-state index is 13.4. The van der Waals surface area contributed by atoms with Crippen molar-refractivity contribution in [2.75, 3.05) is 25.1 Å². The molecule has 31 heavy (non-hydrogen) atoms. The average Bonchev–Trinajstić information content (AvgIpc) is 3.39. The molecular weight excluding hydrogens is 420 g/mol. The summed E-state index contributed by atoms with van der Waals surface area (Å²) in [4.78, 5) is 53.5. The molecule has 176 valence electrons. The Morgan fingerprint density at radius 3 is 2.29 bits per heavy atom. The van der Waals surface area contributed by atoms with Crippen LogP contribution in [0.4, 0.5) is 0 Å². The van der Waals surface area contributed by atoms with Crippen molar-refractivity contribution in [3.05, 3.63) is 0 Å². The summed E-state index contributed by atoms with van der Waals surface area (Å²) in [6, 6.07) is -2.95. The molecule has 3 amide bonds. The number of carboxylic acids is 1. The molecule has 0 saturated carbocycles. The minimum Gasteiger partial charge on any atom is -0.480 e. The molecule has 2 saturated heterocycles. The van der Waals surface area contributed by atoms with E-state index in [9.17, 15) is 24.3 Å². The normalized spacial score (nSPS) is 23.1. The van der Waals surface area contributed by atoms with Gasteiger partial charge in [-0.2, -0.15) is 11.8 Å². The van der Waals surface area contributed by atoms with Crippen LogP contribution in [0.25, 0.3) is 0 Å². The van der Waals surface area contributed by atoms with Gasteiger partial charge in [0.2, 0.25) is 17.7 Å². The van der Waals surface area contributed by atoms with E-state index >= 15 is 0 Å². The van der Waals surface area contributed by atoms with Crippen molar-refractivity contribution in [2.45, 2.75) is 76.5 Å². The first kappa shape index (κ1) is 25.5. The number of hydrogen-bond acceptors (Lipinski definition) is 6. The number of amides is 3. The smallest absolute Gasteiger partial charge is 0.326 e. The number of carbonyl (C=O) groups is 4. The minimum atomic E-state index is -1.01. The van der Waals surface area contributed by atoms with Crippen LogP contribution in [0.15, 0.2) is 0 Å². The van der Waals surface area contributed by atoms with Gasteiger partial charge >= 0.3 is 5.97 Å². The zero-order valence-electron chi connectivity index (χ0n) is 18.7. The number of thioether (sulfide) groups is 1. The molecule has 4 unspecified atom stereocenters. The molecule has 2 aliphatic rings. The van der Waals surface area contributed by atoms with Gasteiger partial charge in [-0.25, -0.2) is 4.79 Å². The second-order valence-electron chi connectivity index (χ2n) is 8.80. The fraction of sp³-hybridized carbons (Fsp3) is 0.810. The number of carbonyl (C=O) groups excluding carboxylic acids is 3. The van der Waals surface area contributed by atoms with Gasteiger partial charge in [0.1, 0.15) is 18.1 Å². The standard InChI is InChI=1S/C21H36N4O5S/c1-13(2)12-15(23-18(26)14(22)8-11-31-3)19(27)24-9-4-6-16(24)20(28)25-10-5-7-17(25)21(29)30/h13-17H,4-12,22H2,1-3H3,(H,23,26)(H,29,30). The zero-order valence-corrected chi connectivity index (χ0v) is 19.5. The summed E-state index contributed by atoms with van der Waals surface area (Å²) >= 11 is 1.60. The largest absolute Gasteiger partial charge is 0.480 e. The van der Waals surface area contributed by atoms with Crippen molar-refractivity contribution < 1.29 is 24.3 Å². The summed E-state index contributed by atoms with van der Waals surface area (Å²) in [7, 11) is 0. The summed E-state index contributed by atoms with van der Waals surface area (Å²) in [5, 5.41) is 12.2. The Bertz CT molecular complexity index is 674. The molecule has 0 aromatic heterocycles. The molecule has 2 fully saturated rings. The van der Waals surface area contributed by atoms with Gasteiger partial charge in [0.05, 0.1) is 6.04 Å². The predicted octanol–water partition coefficient (Wildman–Crippen LogP) is 0.664. The average molecular weight is 457 g/mol. The summed E-state index contributed by atoms with van der Waals surface area (Å²) in [6.45, 7) is 4.75. The van der Waals surface area contributed by atoms with Crippen LogP contribution in [0, 0.1) is 5.92 Å². The Morgan fingerprint density at radius 1 is 1.10 bits per heavy atom. The van der Waals surface area contributed by atoms with Gasteiger partial charge in [0, 0.05) is 13.1 Å². The Kier molecular flexibility index (Phi) is 9.61. The van der Waals surface area contributed by atoms with Crippen LogP contribution in [-0.2, 0) is 19.2 Å². The molecular formula is C21H36N4O5S. The molecule has 2 rings (SSSR count). The van der Waals surface area contributed by atoms with E-state index in [0.29, 0.717) is 51.6 Å². The Labute approximate surface area is 188 Å². The third-order valence-electron chi connectivity index (χ3n) is 5.93. The van der Waals surface area contributed by atoms with Crippen LogP contribution >= 0.6 is 11.8 Å². The van der Waals surface area contributed by atoms with Gasteiger partial charge in [-0.1, -0.05) is 13.8 Å².